The van der Waals surface area contributed by atoms with Crippen LogP contribution in [0.15, 0.2) is 48.5 Å². The normalized spacial score (nSPS) is 19.8. The number of amides is 1. The molecule has 3 N–H and O–H groups in total. The van der Waals surface area contributed by atoms with Gasteiger partial charge in [0.15, 0.2) is 0 Å². The maximum absolute atomic E-state index is 12.4. The van der Waals surface area contributed by atoms with Gasteiger partial charge in [0, 0.05) is 11.7 Å². The molecule has 0 aromatic heterocycles. The minimum atomic E-state index is -0.302. The van der Waals surface area contributed by atoms with E-state index >= 15 is 0 Å². The second kappa shape index (κ2) is 7.33. The molecule has 126 valence electrons. The highest BCUT2D eigenvalue weighted by molar-refractivity contribution is 5.95. The summed E-state index contributed by atoms with van der Waals surface area (Å²) in [7, 11) is 3.25. The monoisotopic (exact) mass is 327 g/mol. The second-order valence-corrected chi connectivity index (χ2v) is 5.62. The van der Waals surface area contributed by atoms with Crippen molar-refractivity contribution in [1.29, 1.82) is 0 Å². The third-order valence-electron chi connectivity index (χ3n) is 4.07. The number of ether oxygens (including phenoxy) is 2. The molecular weight excluding hydrogens is 306 g/mol. The Balaban J connectivity index is 1.60. The number of methoxy groups -OCH3 is 2. The molecule has 6 heteroatoms. The van der Waals surface area contributed by atoms with Crippen molar-refractivity contribution in [2.24, 2.45) is 0 Å². The first kappa shape index (κ1) is 16.3. The van der Waals surface area contributed by atoms with Gasteiger partial charge in [-0.25, -0.2) is 10.9 Å². The summed E-state index contributed by atoms with van der Waals surface area (Å²) >= 11 is 0. The molecule has 0 spiro atoms. The molecule has 1 fully saturated rings. The lowest BCUT2D eigenvalue weighted by Crippen LogP contribution is -2.39. The molecule has 0 aliphatic carbocycles. The van der Waals surface area contributed by atoms with Gasteiger partial charge in [0.2, 0.25) is 5.91 Å². The van der Waals surface area contributed by atoms with Crippen molar-refractivity contribution >= 4 is 11.6 Å². The van der Waals surface area contributed by atoms with Crippen LogP contribution >= 0.6 is 0 Å². The standard InChI is InChI=1S/C18H21N3O3/c1-23-14-8-6-13(7-9-14)19-18(22)17-11-16(20-21-17)12-4-3-5-15(10-12)24-2/h3-10,16-17,20-21H,11H2,1-2H3,(H,19,22). The van der Waals surface area contributed by atoms with Crippen LogP contribution in [0.25, 0.3) is 0 Å². The zero-order chi connectivity index (χ0) is 16.9. The van der Waals surface area contributed by atoms with E-state index in [4.69, 9.17) is 9.47 Å². The van der Waals surface area contributed by atoms with Crippen LogP contribution in [0, 0.1) is 0 Å². The van der Waals surface area contributed by atoms with E-state index < -0.39 is 0 Å². The first-order valence-corrected chi connectivity index (χ1v) is 7.79. The highest BCUT2D eigenvalue weighted by Gasteiger charge is 2.30. The molecule has 24 heavy (non-hydrogen) atoms. The fourth-order valence-corrected chi connectivity index (χ4v) is 2.71. The van der Waals surface area contributed by atoms with Gasteiger partial charge >= 0.3 is 0 Å². The Hall–Kier alpha value is -2.57. The largest absolute Gasteiger partial charge is 0.497 e. The fourth-order valence-electron chi connectivity index (χ4n) is 2.71. The Labute approximate surface area is 141 Å². The number of anilines is 1. The number of nitrogens with one attached hydrogen (secondary N) is 3. The first-order valence-electron chi connectivity index (χ1n) is 7.79. The van der Waals surface area contributed by atoms with Crippen LogP contribution in [0.5, 0.6) is 11.5 Å². The molecule has 0 saturated carbocycles. The molecule has 3 rings (SSSR count). The van der Waals surface area contributed by atoms with Crippen LogP contribution in [0.2, 0.25) is 0 Å². The molecule has 0 bridgehead atoms. The quantitative estimate of drug-likeness (QED) is 0.786. The van der Waals surface area contributed by atoms with Crippen molar-refractivity contribution < 1.29 is 14.3 Å². The third-order valence-corrected chi connectivity index (χ3v) is 4.07. The summed E-state index contributed by atoms with van der Waals surface area (Å²) < 4.78 is 10.4. The van der Waals surface area contributed by atoms with Crippen LogP contribution in [0.1, 0.15) is 18.0 Å². The Kier molecular flexibility index (Phi) is 4.98. The lowest BCUT2D eigenvalue weighted by molar-refractivity contribution is -0.117. The maximum Gasteiger partial charge on any atom is 0.242 e. The Morgan fingerprint density at radius 2 is 1.79 bits per heavy atom. The number of hydrogen-bond donors (Lipinski definition) is 3. The predicted molar refractivity (Wildman–Crippen MR) is 92.0 cm³/mol. The van der Waals surface area contributed by atoms with E-state index in [1.807, 2.05) is 48.5 Å². The minimum absolute atomic E-state index is 0.0618. The van der Waals surface area contributed by atoms with Crippen molar-refractivity contribution in [2.75, 3.05) is 19.5 Å². The number of carbonyl (C=O) groups is 1. The summed E-state index contributed by atoms with van der Waals surface area (Å²) in [5.41, 5.74) is 8.06. The van der Waals surface area contributed by atoms with E-state index in [0.29, 0.717) is 6.42 Å². The van der Waals surface area contributed by atoms with Gasteiger partial charge in [-0.3, -0.25) is 4.79 Å². The summed E-state index contributed by atoms with van der Waals surface area (Å²) in [6.45, 7) is 0. The molecule has 2 unspecified atom stereocenters. The Morgan fingerprint density at radius 1 is 1.04 bits per heavy atom. The average Bonchev–Trinajstić information content (AvgIpc) is 3.13. The lowest BCUT2D eigenvalue weighted by Gasteiger charge is -2.12. The van der Waals surface area contributed by atoms with E-state index in [9.17, 15) is 4.79 Å². The summed E-state index contributed by atoms with van der Waals surface area (Å²) in [5.74, 6) is 1.49. The van der Waals surface area contributed by atoms with Crippen molar-refractivity contribution in [1.82, 2.24) is 10.9 Å². The molecule has 2 aromatic carbocycles. The highest BCUT2D eigenvalue weighted by Crippen LogP contribution is 2.26. The molecule has 1 aliphatic heterocycles. The molecular formula is C18H21N3O3. The van der Waals surface area contributed by atoms with Gasteiger partial charge in [0.05, 0.1) is 14.2 Å². The molecule has 2 atom stereocenters. The van der Waals surface area contributed by atoms with Gasteiger partial charge in [-0.2, -0.15) is 0 Å². The molecule has 2 aromatic rings. The lowest BCUT2D eigenvalue weighted by atomic mass is 10.0. The van der Waals surface area contributed by atoms with Crippen LogP contribution in [0.4, 0.5) is 5.69 Å². The Bertz CT molecular complexity index is 703. The molecule has 6 nitrogen and oxygen atoms in total. The average molecular weight is 327 g/mol. The van der Waals surface area contributed by atoms with Gasteiger partial charge in [0.1, 0.15) is 17.5 Å². The summed E-state index contributed by atoms with van der Waals surface area (Å²) in [6.07, 6.45) is 0.662. The molecule has 1 amide bonds. The molecule has 0 radical (unpaired) electrons. The zero-order valence-electron chi connectivity index (χ0n) is 13.7. The first-order chi connectivity index (χ1) is 11.7. The minimum Gasteiger partial charge on any atom is -0.497 e. The SMILES string of the molecule is COc1ccc(NC(=O)C2CC(c3cccc(OC)c3)NN2)cc1. The molecule has 1 aliphatic rings. The van der Waals surface area contributed by atoms with E-state index in [1.54, 1.807) is 14.2 Å². The number of hydrogen-bond acceptors (Lipinski definition) is 5. The molecule has 1 saturated heterocycles. The second-order valence-electron chi connectivity index (χ2n) is 5.62. The van der Waals surface area contributed by atoms with Crippen molar-refractivity contribution in [3.63, 3.8) is 0 Å². The van der Waals surface area contributed by atoms with Crippen LogP contribution in [0.3, 0.4) is 0 Å². The predicted octanol–water partition coefficient (Wildman–Crippen LogP) is 2.25. The van der Waals surface area contributed by atoms with Crippen molar-refractivity contribution in [3.05, 3.63) is 54.1 Å². The van der Waals surface area contributed by atoms with Gasteiger partial charge < -0.3 is 14.8 Å². The van der Waals surface area contributed by atoms with Crippen molar-refractivity contribution in [2.45, 2.75) is 18.5 Å². The van der Waals surface area contributed by atoms with Gasteiger partial charge in [-0.05, 0) is 48.4 Å². The summed E-state index contributed by atoms with van der Waals surface area (Å²) in [6, 6.07) is 14.9. The number of carbonyl (C=O) groups excluding carboxylic acids is 1. The van der Waals surface area contributed by atoms with Crippen LogP contribution in [-0.2, 0) is 4.79 Å². The van der Waals surface area contributed by atoms with Crippen LogP contribution in [-0.4, -0.2) is 26.2 Å². The summed E-state index contributed by atoms with van der Waals surface area (Å²) in [5, 5.41) is 2.91. The van der Waals surface area contributed by atoms with Crippen molar-refractivity contribution in [3.8, 4) is 11.5 Å². The fraction of sp³-hybridized carbons (Fsp3) is 0.278. The van der Waals surface area contributed by atoms with E-state index in [0.717, 1.165) is 22.7 Å². The molecule has 1 heterocycles. The van der Waals surface area contributed by atoms with Crippen LogP contribution < -0.4 is 25.6 Å². The third kappa shape index (κ3) is 3.67. The number of benzene rings is 2. The summed E-state index contributed by atoms with van der Waals surface area (Å²) in [4.78, 5) is 12.4. The highest BCUT2D eigenvalue weighted by atomic mass is 16.5. The number of rotatable bonds is 5. The Morgan fingerprint density at radius 3 is 2.50 bits per heavy atom. The van der Waals surface area contributed by atoms with E-state index in [-0.39, 0.29) is 18.0 Å². The zero-order valence-corrected chi connectivity index (χ0v) is 13.7. The van der Waals surface area contributed by atoms with Gasteiger partial charge in [-0.1, -0.05) is 12.1 Å². The van der Waals surface area contributed by atoms with E-state index in [1.165, 1.54) is 0 Å². The van der Waals surface area contributed by atoms with E-state index in [2.05, 4.69) is 16.2 Å². The van der Waals surface area contributed by atoms with Gasteiger partial charge in [0.25, 0.3) is 0 Å². The van der Waals surface area contributed by atoms with Gasteiger partial charge in [-0.15, -0.1) is 0 Å². The smallest absolute Gasteiger partial charge is 0.242 e. The topological polar surface area (TPSA) is 71.6 Å². The number of hydrazine groups is 1. The maximum atomic E-state index is 12.4.